The normalized spacial score (nSPS) is 11.1. The molecule has 0 aliphatic rings. The number of esters is 1. The lowest BCUT2D eigenvalue weighted by Gasteiger charge is -2.13. The van der Waals surface area contributed by atoms with E-state index in [-0.39, 0.29) is 18.2 Å². The lowest BCUT2D eigenvalue weighted by atomic mass is 10.1. The molecule has 8 heteroatoms. The molecular formula is C21H23N3O4S. The topological polar surface area (TPSA) is 90.3 Å². The van der Waals surface area contributed by atoms with E-state index in [2.05, 4.69) is 10.3 Å². The summed E-state index contributed by atoms with van der Waals surface area (Å²) < 4.78 is 6.65. The van der Waals surface area contributed by atoms with Crippen molar-refractivity contribution in [2.24, 2.45) is 0 Å². The number of hydrogen-bond donors (Lipinski definition) is 1. The highest BCUT2D eigenvalue weighted by Gasteiger charge is 2.19. The van der Waals surface area contributed by atoms with Crippen molar-refractivity contribution in [3.63, 3.8) is 0 Å². The molecule has 1 N–H and O–H groups in total. The Morgan fingerprint density at radius 1 is 1.21 bits per heavy atom. The number of hydrogen-bond acceptors (Lipinski definition) is 6. The van der Waals surface area contributed by atoms with Crippen molar-refractivity contribution in [3.05, 3.63) is 56.3 Å². The summed E-state index contributed by atoms with van der Waals surface area (Å²) in [6, 6.07) is 7.30. The maximum atomic E-state index is 12.6. The van der Waals surface area contributed by atoms with E-state index in [1.54, 1.807) is 20.8 Å². The fourth-order valence-electron chi connectivity index (χ4n) is 3.15. The van der Waals surface area contributed by atoms with Gasteiger partial charge in [0, 0.05) is 11.5 Å². The largest absolute Gasteiger partial charge is 0.459 e. The van der Waals surface area contributed by atoms with E-state index in [4.69, 9.17) is 4.74 Å². The molecule has 0 saturated heterocycles. The average Bonchev–Trinajstić information content (AvgIpc) is 2.98. The molecule has 29 heavy (non-hydrogen) atoms. The molecule has 7 nitrogen and oxygen atoms in total. The molecule has 0 fully saturated rings. The molecule has 0 radical (unpaired) electrons. The van der Waals surface area contributed by atoms with Gasteiger partial charge in [0.05, 0.1) is 17.3 Å². The molecule has 0 bridgehead atoms. The van der Waals surface area contributed by atoms with Gasteiger partial charge in [0.25, 0.3) is 5.56 Å². The molecule has 2 heterocycles. The number of para-hydroxylation sites is 1. The summed E-state index contributed by atoms with van der Waals surface area (Å²) in [5.41, 5.74) is 2.78. The molecule has 3 rings (SSSR count). The summed E-state index contributed by atoms with van der Waals surface area (Å²) in [4.78, 5) is 41.9. The first-order valence-electron chi connectivity index (χ1n) is 9.25. The molecule has 1 aromatic carbocycles. The summed E-state index contributed by atoms with van der Waals surface area (Å²) >= 11 is 1.06. The van der Waals surface area contributed by atoms with Gasteiger partial charge >= 0.3 is 5.97 Å². The minimum absolute atomic E-state index is 0.148. The first-order chi connectivity index (χ1) is 13.7. The highest BCUT2D eigenvalue weighted by molar-refractivity contribution is 7.17. The van der Waals surface area contributed by atoms with Crippen molar-refractivity contribution in [1.82, 2.24) is 9.55 Å². The SMILES string of the molecule is Cc1nc(NC(=O)Cn2c(=O)cc(C)c3cccc(C)c32)sc1C(=O)OC(C)C. The fourth-order valence-corrected chi connectivity index (χ4v) is 4.02. The molecule has 3 aromatic rings. The molecule has 0 unspecified atom stereocenters. The Kier molecular flexibility index (Phi) is 5.83. The summed E-state index contributed by atoms with van der Waals surface area (Å²) in [6.07, 6.45) is -0.244. The first-order valence-corrected chi connectivity index (χ1v) is 10.1. The molecule has 0 saturated carbocycles. The number of aromatic nitrogens is 2. The average molecular weight is 413 g/mol. The van der Waals surface area contributed by atoms with Gasteiger partial charge in [-0.25, -0.2) is 9.78 Å². The van der Waals surface area contributed by atoms with Crippen molar-refractivity contribution in [3.8, 4) is 0 Å². The summed E-state index contributed by atoms with van der Waals surface area (Å²) in [5.74, 6) is -0.857. The monoisotopic (exact) mass is 413 g/mol. The number of benzene rings is 1. The predicted octanol–water partition coefficient (Wildman–Crippen LogP) is 3.59. The summed E-state index contributed by atoms with van der Waals surface area (Å²) in [7, 11) is 0. The van der Waals surface area contributed by atoms with Gasteiger partial charge in [-0.3, -0.25) is 14.2 Å². The second-order valence-electron chi connectivity index (χ2n) is 7.16. The third kappa shape index (κ3) is 4.37. The number of carbonyl (C=O) groups is 2. The Morgan fingerprint density at radius 2 is 1.93 bits per heavy atom. The van der Waals surface area contributed by atoms with E-state index in [0.717, 1.165) is 33.4 Å². The van der Waals surface area contributed by atoms with Crippen LogP contribution in [0.4, 0.5) is 5.13 Å². The third-order valence-electron chi connectivity index (χ3n) is 4.41. The molecular weight excluding hydrogens is 390 g/mol. The van der Waals surface area contributed by atoms with Gasteiger partial charge in [0.2, 0.25) is 5.91 Å². The van der Waals surface area contributed by atoms with E-state index in [1.165, 1.54) is 10.6 Å². The lowest BCUT2D eigenvalue weighted by molar-refractivity contribution is -0.116. The molecule has 0 aliphatic heterocycles. The van der Waals surface area contributed by atoms with Crippen molar-refractivity contribution in [2.45, 2.75) is 47.3 Å². The van der Waals surface area contributed by atoms with Crippen molar-refractivity contribution in [1.29, 1.82) is 0 Å². The number of thiazole rings is 1. The highest BCUT2D eigenvalue weighted by atomic mass is 32.1. The smallest absolute Gasteiger partial charge is 0.350 e. The number of amides is 1. The molecule has 0 spiro atoms. The molecule has 152 valence electrons. The standard InChI is InChI=1S/C21H23N3O4S/c1-11(2)28-20(27)19-14(5)22-21(29-19)23-16(25)10-24-17(26)9-13(4)15-8-6-7-12(3)18(15)24/h6-9,11H,10H2,1-5H3,(H,22,23,25). The van der Waals surface area contributed by atoms with Gasteiger partial charge in [-0.15, -0.1) is 0 Å². The van der Waals surface area contributed by atoms with E-state index < -0.39 is 11.9 Å². The summed E-state index contributed by atoms with van der Waals surface area (Å²) in [5, 5.41) is 3.91. The van der Waals surface area contributed by atoms with Crippen LogP contribution in [0.1, 0.15) is 40.3 Å². The third-order valence-corrected chi connectivity index (χ3v) is 5.46. The second-order valence-corrected chi connectivity index (χ2v) is 8.16. The van der Waals surface area contributed by atoms with Gasteiger partial charge in [0.15, 0.2) is 5.13 Å². The Balaban J connectivity index is 1.86. The van der Waals surface area contributed by atoms with Gasteiger partial charge < -0.3 is 10.1 Å². The quantitative estimate of drug-likeness (QED) is 0.646. The maximum absolute atomic E-state index is 12.6. The number of nitrogens with zero attached hydrogens (tertiary/aromatic N) is 2. The predicted molar refractivity (Wildman–Crippen MR) is 114 cm³/mol. The zero-order valence-electron chi connectivity index (χ0n) is 17.0. The van der Waals surface area contributed by atoms with Crippen LogP contribution in [0.25, 0.3) is 10.9 Å². The van der Waals surface area contributed by atoms with Crippen LogP contribution in [-0.2, 0) is 16.1 Å². The van der Waals surface area contributed by atoms with E-state index in [1.807, 2.05) is 32.0 Å². The zero-order valence-corrected chi connectivity index (χ0v) is 17.8. The Morgan fingerprint density at radius 3 is 2.62 bits per heavy atom. The van der Waals surface area contributed by atoms with Crippen LogP contribution in [0.3, 0.4) is 0 Å². The van der Waals surface area contributed by atoms with Gasteiger partial charge in [-0.1, -0.05) is 29.5 Å². The van der Waals surface area contributed by atoms with E-state index in [0.29, 0.717) is 15.7 Å². The van der Waals surface area contributed by atoms with Crippen LogP contribution in [0, 0.1) is 20.8 Å². The van der Waals surface area contributed by atoms with Crippen molar-refractivity contribution >= 4 is 39.2 Å². The molecule has 1 amide bonds. The van der Waals surface area contributed by atoms with Crippen molar-refractivity contribution < 1.29 is 14.3 Å². The van der Waals surface area contributed by atoms with E-state index >= 15 is 0 Å². The highest BCUT2D eigenvalue weighted by Crippen LogP contribution is 2.24. The minimum Gasteiger partial charge on any atom is -0.459 e. The maximum Gasteiger partial charge on any atom is 0.350 e. The Labute approximate surface area is 172 Å². The number of anilines is 1. The number of nitrogens with one attached hydrogen (secondary N) is 1. The molecule has 2 aromatic heterocycles. The number of aryl methyl sites for hydroxylation is 3. The van der Waals surface area contributed by atoms with Crippen LogP contribution < -0.4 is 10.9 Å². The second kappa shape index (κ2) is 8.16. The molecule has 0 atom stereocenters. The fraction of sp³-hybridized carbons (Fsp3) is 0.333. The zero-order chi connectivity index (χ0) is 21.3. The number of pyridine rings is 1. The van der Waals surface area contributed by atoms with Gasteiger partial charge in [-0.05, 0) is 45.7 Å². The minimum atomic E-state index is -0.466. The molecule has 0 aliphatic carbocycles. The number of fused-ring (bicyclic) bond motifs is 1. The number of rotatable bonds is 5. The lowest BCUT2D eigenvalue weighted by Crippen LogP contribution is -2.28. The summed E-state index contributed by atoms with van der Waals surface area (Å²) in [6.45, 7) is 8.86. The first kappa shape index (κ1) is 20.7. The van der Waals surface area contributed by atoms with E-state index in [9.17, 15) is 14.4 Å². The Bertz CT molecular complexity index is 1160. The van der Waals surface area contributed by atoms with Crippen LogP contribution in [0.5, 0.6) is 0 Å². The van der Waals surface area contributed by atoms with Crippen LogP contribution >= 0.6 is 11.3 Å². The van der Waals surface area contributed by atoms with Gasteiger partial charge in [-0.2, -0.15) is 0 Å². The van der Waals surface area contributed by atoms with Crippen LogP contribution in [-0.4, -0.2) is 27.5 Å². The number of carbonyl (C=O) groups excluding carboxylic acids is 2. The Hall–Kier alpha value is -3.00. The van der Waals surface area contributed by atoms with Crippen LogP contribution in [0.2, 0.25) is 0 Å². The van der Waals surface area contributed by atoms with Crippen LogP contribution in [0.15, 0.2) is 29.1 Å². The van der Waals surface area contributed by atoms with Crippen molar-refractivity contribution in [2.75, 3.05) is 5.32 Å². The number of ether oxygens (including phenoxy) is 1. The van der Waals surface area contributed by atoms with Gasteiger partial charge in [0.1, 0.15) is 11.4 Å².